The van der Waals surface area contributed by atoms with E-state index in [1.807, 2.05) is 4.90 Å². The highest BCUT2D eigenvalue weighted by Gasteiger charge is 2.26. The van der Waals surface area contributed by atoms with Crippen LogP contribution in [0.1, 0.15) is 51.9 Å². The van der Waals surface area contributed by atoms with Gasteiger partial charge in [-0.1, -0.05) is 19.8 Å². The molecule has 4 nitrogen and oxygen atoms in total. The van der Waals surface area contributed by atoms with Crippen molar-refractivity contribution in [1.29, 1.82) is 0 Å². The van der Waals surface area contributed by atoms with Crippen molar-refractivity contribution in [1.82, 2.24) is 10.2 Å². The van der Waals surface area contributed by atoms with Gasteiger partial charge in [-0.3, -0.25) is 0 Å². The van der Waals surface area contributed by atoms with Gasteiger partial charge in [0, 0.05) is 25.7 Å². The first-order chi connectivity index (χ1) is 8.79. The van der Waals surface area contributed by atoms with E-state index in [-0.39, 0.29) is 12.1 Å². The van der Waals surface area contributed by atoms with Crippen molar-refractivity contribution in [3.63, 3.8) is 0 Å². The maximum Gasteiger partial charge on any atom is 0.317 e. The van der Waals surface area contributed by atoms with Gasteiger partial charge in [0.05, 0.1) is 6.10 Å². The average Bonchev–Trinajstić information content (AvgIpc) is 2.89. The second kappa shape index (κ2) is 6.98. The Kier molecular flexibility index (Phi) is 5.29. The van der Waals surface area contributed by atoms with E-state index in [0.717, 1.165) is 51.8 Å². The van der Waals surface area contributed by atoms with Gasteiger partial charge in [-0.05, 0) is 32.1 Å². The Morgan fingerprint density at radius 2 is 2.06 bits per heavy atom. The number of urea groups is 1. The molecule has 1 aliphatic carbocycles. The van der Waals surface area contributed by atoms with Crippen LogP contribution in [0.5, 0.6) is 0 Å². The second-order valence-corrected chi connectivity index (χ2v) is 5.51. The smallest absolute Gasteiger partial charge is 0.317 e. The molecule has 1 aliphatic heterocycles. The van der Waals surface area contributed by atoms with Crippen LogP contribution in [0, 0.1) is 0 Å². The van der Waals surface area contributed by atoms with Crippen LogP contribution < -0.4 is 5.32 Å². The molecule has 0 spiro atoms. The standard InChI is InChI=1S/C14H26N2O2/c1-2-10-18-13-8-5-9-16(11-13)14(17)15-12-6-3-4-7-12/h12-13H,2-11H2,1H3,(H,15,17). The van der Waals surface area contributed by atoms with Crippen molar-refractivity contribution in [2.24, 2.45) is 0 Å². The van der Waals surface area contributed by atoms with E-state index in [0.29, 0.717) is 6.04 Å². The second-order valence-electron chi connectivity index (χ2n) is 5.51. The largest absolute Gasteiger partial charge is 0.376 e. The molecule has 4 heteroatoms. The third kappa shape index (κ3) is 3.87. The summed E-state index contributed by atoms with van der Waals surface area (Å²) in [6.45, 7) is 4.57. The molecular formula is C14H26N2O2. The Balaban J connectivity index is 1.74. The maximum atomic E-state index is 12.1. The first-order valence-electron chi connectivity index (χ1n) is 7.46. The molecule has 2 fully saturated rings. The molecule has 2 rings (SSSR count). The summed E-state index contributed by atoms with van der Waals surface area (Å²) in [5, 5.41) is 3.16. The number of likely N-dealkylation sites (tertiary alicyclic amines) is 1. The lowest BCUT2D eigenvalue weighted by Gasteiger charge is -2.33. The minimum absolute atomic E-state index is 0.117. The van der Waals surface area contributed by atoms with E-state index in [9.17, 15) is 4.79 Å². The van der Waals surface area contributed by atoms with Crippen LogP contribution in [-0.4, -0.2) is 42.8 Å². The number of nitrogens with one attached hydrogen (secondary N) is 1. The first-order valence-corrected chi connectivity index (χ1v) is 7.46. The molecule has 18 heavy (non-hydrogen) atoms. The molecule has 0 radical (unpaired) electrons. The zero-order valence-corrected chi connectivity index (χ0v) is 11.5. The van der Waals surface area contributed by atoms with E-state index in [4.69, 9.17) is 4.74 Å². The van der Waals surface area contributed by atoms with Gasteiger partial charge in [-0.15, -0.1) is 0 Å². The van der Waals surface area contributed by atoms with E-state index in [1.165, 1.54) is 12.8 Å². The fourth-order valence-corrected chi connectivity index (χ4v) is 2.88. The molecule has 0 aromatic carbocycles. The van der Waals surface area contributed by atoms with Crippen molar-refractivity contribution in [3.05, 3.63) is 0 Å². The number of nitrogens with zero attached hydrogens (tertiary/aromatic N) is 1. The predicted molar refractivity (Wildman–Crippen MR) is 71.6 cm³/mol. The summed E-state index contributed by atoms with van der Waals surface area (Å²) in [6.07, 6.45) is 8.25. The summed E-state index contributed by atoms with van der Waals surface area (Å²) in [4.78, 5) is 14.1. The van der Waals surface area contributed by atoms with Crippen molar-refractivity contribution in [2.75, 3.05) is 19.7 Å². The number of piperidine rings is 1. The Bertz CT molecular complexity index is 265. The quantitative estimate of drug-likeness (QED) is 0.837. The van der Waals surface area contributed by atoms with Gasteiger partial charge >= 0.3 is 6.03 Å². The number of carbonyl (C=O) groups excluding carboxylic acids is 1. The van der Waals surface area contributed by atoms with Crippen LogP contribution >= 0.6 is 0 Å². The molecule has 1 N–H and O–H groups in total. The molecule has 1 unspecified atom stereocenters. The van der Waals surface area contributed by atoms with Crippen LogP contribution in [-0.2, 0) is 4.74 Å². The molecular weight excluding hydrogens is 228 g/mol. The summed E-state index contributed by atoms with van der Waals surface area (Å²) in [6, 6.07) is 0.529. The molecule has 0 aromatic rings. The monoisotopic (exact) mass is 254 g/mol. The third-order valence-electron chi connectivity index (χ3n) is 3.91. The van der Waals surface area contributed by atoms with Gasteiger partial charge in [0.1, 0.15) is 0 Å². The van der Waals surface area contributed by atoms with E-state index < -0.39 is 0 Å². The van der Waals surface area contributed by atoms with Crippen LogP contribution in [0.15, 0.2) is 0 Å². The molecule has 0 aromatic heterocycles. The number of rotatable bonds is 4. The molecule has 2 aliphatic rings. The van der Waals surface area contributed by atoms with Crippen molar-refractivity contribution in [2.45, 2.75) is 64.0 Å². The van der Waals surface area contributed by atoms with Gasteiger partial charge in [0.25, 0.3) is 0 Å². The highest BCUT2D eigenvalue weighted by atomic mass is 16.5. The fraction of sp³-hybridized carbons (Fsp3) is 0.929. The van der Waals surface area contributed by atoms with Crippen molar-refractivity contribution < 1.29 is 9.53 Å². The Hall–Kier alpha value is -0.770. The lowest BCUT2D eigenvalue weighted by Crippen LogP contribution is -2.49. The Morgan fingerprint density at radius 3 is 2.78 bits per heavy atom. The minimum atomic E-state index is 0.117. The summed E-state index contributed by atoms with van der Waals surface area (Å²) >= 11 is 0. The maximum absolute atomic E-state index is 12.1. The zero-order chi connectivity index (χ0) is 12.8. The van der Waals surface area contributed by atoms with Gasteiger partial charge in [-0.2, -0.15) is 0 Å². The normalized spacial score (nSPS) is 25.4. The molecule has 1 saturated carbocycles. The third-order valence-corrected chi connectivity index (χ3v) is 3.91. The van der Waals surface area contributed by atoms with E-state index >= 15 is 0 Å². The number of carbonyl (C=O) groups is 1. The predicted octanol–water partition coefficient (Wildman–Crippen LogP) is 2.53. The summed E-state index contributed by atoms with van der Waals surface area (Å²) in [7, 11) is 0. The van der Waals surface area contributed by atoms with Crippen molar-refractivity contribution in [3.8, 4) is 0 Å². The molecule has 1 atom stereocenters. The first kappa shape index (κ1) is 13.7. The van der Waals surface area contributed by atoms with Crippen LogP contribution in [0.3, 0.4) is 0 Å². The lowest BCUT2D eigenvalue weighted by molar-refractivity contribution is 0.00976. The number of amides is 2. The molecule has 1 saturated heterocycles. The number of hydrogen-bond acceptors (Lipinski definition) is 2. The van der Waals surface area contributed by atoms with Crippen LogP contribution in [0.2, 0.25) is 0 Å². The van der Waals surface area contributed by atoms with Crippen molar-refractivity contribution >= 4 is 6.03 Å². The topological polar surface area (TPSA) is 41.6 Å². The average molecular weight is 254 g/mol. The van der Waals surface area contributed by atoms with E-state index in [1.54, 1.807) is 0 Å². The van der Waals surface area contributed by atoms with Gasteiger partial charge < -0.3 is 15.0 Å². The highest BCUT2D eigenvalue weighted by molar-refractivity contribution is 5.74. The van der Waals surface area contributed by atoms with Gasteiger partial charge in [-0.25, -0.2) is 4.79 Å². The summed E-state index contributed by atoms with van der Waals surface area (Å²) < 4.78 is 5.76. The van der Waals surface area contributed by atoms with E-state index in [2.05, 4.69) is 12.2 Å². The van der Waals surface area contributed by atoms with Crippen LogP contribution in [0.4, 0.5) is 4.79 Å². The fourth-order valence-electron chi connectivity index (χ4n) is 2.88. The number of ether oxygens (including phenoxy) is 1. The summed E-state index contributed by atoms with van der Waals surface area (Å²) in [5.74, 6) is 0. The number of hydrogen-bond donors (Lipinski definition) is 1. The molecule has 0 bridgehead atoms. The lowest BCUT2D eigenvalue weighted by atomic mass is 10.1. The van der Waals surface area contributed by atoms with Gasteiger partial charge in [0.2, 0.25) is 0 Å². The SMILES string of the molecule is CCCOC1CCCN(C(=O)NC2CCCC2)C1. The van der Waals surface area contributed by atoms with Crippen LogP contribution in [0.25, 0.3) is 0 Å². The molecule has 1 heterocycles. The zero-order valence-electron chi connectivity index (χ0n) is 11.5. The molecule has 104 valence electrons. The minimum Gasteiger partial charge on any atom is -0.376 e. The van der Waals surface area contributed by atoms with Gasteiger partial charge in [0.15, 0.2) is 0 Å². The molecule has 2 amide bonds. The Labute approximate surface area is 110 Å². The highest BCUT2D eigenvalue weighted by Crippen LogP contribution is 2.19. The summed E-state index contributed by atoms with van der Waals surface area (Å²) in [5.41, 5.74) is 0. The Morgan fingerprint density at radius 1 is 1.28 bits per heavy atom.